The highest BCUT2D eigenvalue weighted by molar-refractivity contribution is 5.27. The van der Waals surface area contributed by atoms with Crippen molar-refractivity contribution in [1.29, 1.82) is 0 Å². The Labute approximate surface area is 64.9 Å². The number of ether oxygens (including phenoxy) is 1. The molecule has 0 spiro atoms. The quantitative estimate of drug-likeness (QED) is 0.616. The van der Waals surface area contributed by atoms with Gasteiger partial charge in [0.15, 0.2) is 6.29 Å². The molecule has 0 aliphatic carbocycles. The van der Waals surface area contributed by atoms with Crippen molar-refractivity contribution in [2.24, 2.45) is 0 Å². The van der Waals surface area contributed by atoms with E-state index in [4.69, 9.17) is 14.9 Å². The number of aliphatic hydroxyl groups is 2. The van der Waals surface area contributed by atoms with Crippen LogP contribution in [0.2, 0.25) is 0 Å². The molecule has 11 heavy (non-hydrogen) atoms. The average molecular weight is 154 g/mol. The zero-order valence-electron chi connectivity index (χ0n) is 6.19. The van der Waals surface area contributed by atoms with Crippen molar-refractivity contribution in [3.63, 3.8) is 0 Å². The van der Waals surface area contributed by atoms with E-state index in [1.165, 1.54) is 0 Å². The Hall–Kier alpha value is -1.06. The lowest BCUT2D eigenvalue weighted by Crippen LogP contribution is -1.93. The predicted molar refractivity (Wildman–Crippen MR) is 40.2 cm³/mol. The van der Waals surface area contributed by atoms with Gasteiger partial charge < -0.3 is 14.9 Å². The third-order valence-corrected chi connectivity index (χ3v) is 1.41. The van der Waals surface area contributed by atoms with Crippen LogP contribution in [0.4, 0.5) is 0 Å². The minimum atomic E-state index is -1.40. The van der Waals surface area contributed by atoms with Crippen LogP contribution in [-0.2, 0) is 0 Å². The molecule has 0 aromatic heterocycles. The molecule has 0 saturated carbocycles. The summed E-state index contributed by atoms with van der Waals surface area (Å²) in [6, 6.07) is 6.55. The van der Waals surface area contributed by atoms with Crippen molar-refractivity contribution in [2.75, 3.05) is 7.11 Å². The number of rotatable bonds is 2. The van der Waals surface area contributed by atoms with Crippen molar-refractivity contribution in [3.8, 4) is 5.75 Å². The van der Waals surface area contributed by atoms with Crippen LogP contribution in [0.25, 0.3) is 0 Å². The molecule has 0 aliphatic rings. The summed E-state index contributed by atoms with van der Waals surface area (Å²) in [5, 5.41) is 17.4. The summed E-state index contributed by atoms with van der Waals surface area (Å²) in [7, 11) is 1.56. The highest BCUT2D eigenvalue weighted by Gasteiger charge is 2.00. The molecule has 0 aliphatic heterocycles. The number of hydrogen-bond acceptors (Lipinski definition) is 3. The zero-order chi connectivity index (χ0) is 8.27. The van der Waals surface area contributed by atoms with Crippen molar-refractivity contribution in [3.05, 3.63) is 29.8 Å². The third kappa shape index (κ3) is 1.93. The molecule has 2 N–H and O–H groups in total. The Kier molecular flexibility index (Phi) is 2.46. The van der Waals surface area contributed by atoms with Gasteiger partial charge in [-0.05, 0) is 12.1 Å². The first kappa shape index (κ1) is 8.04. The molecule has 3 heteroatoms. The summed E-state index contributed by atoms with van der Waals surface area (Å²) >= 11 is 0. The molecule has 0 atom stereocenters. The monoisotopic (exact) mass is 154 g/mol. The normalized spacial score (nSPS) is 10.2. The van der Waals surface area contributed by atoms with E-state index in [1.807, 2.05) is 0 Å². The smallest absolute Gasteiger partial charge is 0.178 e. The van der Waals surface area contributed by atoms with Gasteiger partial charge in [0.1, 0.15) is 5.75 Å². The fourth-order valence-corrected chi connectivity index (χ4v) is 0.776. The summed E-state index contributed by atoms with van der Waals surface area (Å²) < 4.78 is 4.89. The Balaban J connectivity index is 2.83. The molecular formula is C8H10O3. The molecule has 0 radical (unpaired) electrons. The Bertz CT molecular complexity index is 215. The molecule has 60 valence electrons. The summed E-state index contributed by atoms with van der Waals surface area (Å²) in [5.74, 6) is 0.703. The van der Waals surface area contributed by atoms with Crippen LogP contribution in [0, 0.1) is 0 Å². The number of aliphatic hydroxyl groups excluding tert-OH is 1. The number of benzene rings is 1. The molecule has 1 rings (SSSR count). The standard InChI is InChI=1S/C8H10O3/c1-11-7-4-2-6(3-5-7)8(9)10/h2-5,8-10H,1H3. The van der Waals surface area contributed by atoms with E-state index in [1.54, 1.807) is 31.4 Å². The van der Waals surface area contributed by atoms with Crippen molar-refractivity contribution in [2.45, 2.75) is 6.29 Å². The third-order valence-electron chi connectivity index (χ3n) is 1.41. The van der Waals surface area contributed by atoms with E-state index in [9.17, 15) is 0 Å². The highest BCUT2D eigenvalue weighted by atomic mass is 16.5. The van der Waals surface area contributed by atoms with E-state index in [2.05, 4.69) is 0 Å². The van der Waals surface area contributed by atoms with Gasteiger partial charge in [0, 0.05) is 5.56 Å². The van der Waals surface area contributed by atoms with Gasteiger partial charge in [-0.1, -0.05) is 12.1 Å². The SMILES string of the molecule is COc1ccc(C(O)O)cc1. The van der Waals surface area contributed by atoms with Gasteiger partial charge in [-0.15, -0.1) is 0 Å². The zero-order valence-corrected chi connectivity index (χ0v) is 6.19. The van der Waals surface area contributed by atoms with E-state index in [0.29, 0.717) is 11.3 Å². The lowest BCUT2D eigenvalue weighted by molar-refractivity contribution is -0.0425. The minimum Gasteiger partial charge on any atom is -0.497 e. The molecule has 0 heterocycles. The van der Waals surface area contributed by atoms with Crippen LogP contribution in [-0.4, -0.2) is 17.3 Å². The van der Waals surface area contributed by atoms with Gasteiger partial charge in [0.2, 0.25) is 0 Å². The molecule has 0 fully saturated rings. The molecule has 0 bridgehead atoms. The maximum absolute atomic E-state index is 8.70. The second-order valence-corrected chi connectivity index (χ2v) is 2.15. The highest BCUT2D eigenvalue weighted by Crippen LogP contribution is 2.14. The van der Waals surface area contributed by atoms with Gasteiger partial charge >= 0.3 is 0 Å². The first-order chi connectivity index (χ1) is 5.24. The summed E-state index contributed by atoms with van der Waals surface area (Å²) in [5.41, 5.74) is 0.464. The maximum atomic E-state index is 8.70. The van der Waals surface area contributed by atoms with Crippen LogP contribution in [0.15, 0.2) is 24.3 Å². The molecule has 1 aromatic rings. The van der Waals surface area contributed by atoms with Gasteiger partial charge in [0.25, 0.3) is 0 Å². The lowest BCUT2D eigenvalue weighted by Gasteiger charge is -2.03. The van der Waals surface area contributed by atoms with Crippen molar-refractivity contribution < 1.29 is 14.9 Å². The molecule has 3 nitrogen and oxygen atoms in total. The van der Waals surface area contributed by atoms with Crippen LogP contribution < -0.4 is 4.74 Å². The van der Waals surface area contributed by atoms with Crippen LogP contribution in [0.5, 0.6) is 5.75 Å². The van der Waals surface area contributed by atoms with E-state index in [-0.39, 0.29) is 0 Å². The van der Waals surface area contributed by atoms with Gasteiger partial charge in [-0.2, -0.15) is 0 Å². The predicted octanol–water partition coefficient (Wildman–Crippen LogP) is 0.678. The molecule has 1 aromatic carbocycles. The number of methoxy groups -OCH3 is 1. The average Bonchev–Trinajstić information content (AvgIpc) is 2.05. The lowest BCUT2D eigenvalue weighted by atomic mass is 10.2. The van der Waals surface area contributed by atoms with Crippen LogP contribution in [0.3, 0.4) is 0 Å². The topological polar surface area (TPSA) is 49.7 Å². The summed E-state index contributed by atoms with van der Waals surface area (Å²) in [6.45, 7) is 0. The van der Waals surface area contributed by atoms with Crippen molar-refractivity contribution in [1.82, 2.24) is 0 Å². The van der Waals surface area contributed by atoms with E-state index < -0.39 is 6.29 Å². The molecule has 0 amide bonds. The Morgan fingerprint density at radius 2 is 1.73 bits per heavy atom. The summed E-state index contributed by atoms with van der Waals surface area (Å²) in [6.07, 6.45) is -1.40. The summed E-state index contributed by atoms with van der Waals surface area (Å²) in [4.78, 5) is 0. The Morgan fingerprint density at radius 1 is 1.18 bits per heavy atom. The fourth-order valence-electron chi connectivity index (χ4n) is 0.776. The second kappa shape index (κ2) is 3.37. The number of hydrogen-bond donors (Lipinski definition) is 2. The second-order valence-electron chi connectivity index (χ2n) is 2.15. The van der Waals surface area contributed by atoms with Gasteiger partial charge in [0.05, 0.1) is 7.11 Å². The first-order valence-electron chi connectivity index (χ1n) is 3.24. The fraction of sp³-hybridized carbons (Fsp3) is 0.250. The first-order valence-corrected chi connectivity index (χ1v) is 3.24. The largest absolute Gasteiger partial charge is 0.497 e. The van der Waals surface area contributed by atoms with Gasteiger partial charge in [-0.25, -0.2) is 0 Å². The maximum Gasteiger partial charge on any atom is 0.178 e. The van der Waals surface area contributed by atoms with Gasteiger partial charge in [-0.3, -0.25) is 0 Å². The molecular weight excluding hydrogens is 144 g/mol. The Morgan fingerprint density at radius 3 is 2.09 bits per heavy atom. The van der Waals surface area contributed by atoms with Crippen LogP contribution >= 0.6 is 0 Å². The van der Waals surface area contributed by atoms with Crippen molar-refractivity contribution >= 4 is 0 Å². The molecule has 0 unspecified atom stereocenters. The van der Waals surface area contributed by atoms with E-state index >= 15 is 0 Å². The van der Waals surface area contributed by atoms with E-state index in [0.717, 1.165) is 0 Å². The minimum absolute atomic E-state index is 0.464. The molecule has 0 saturated heterocycles. The van der Waals surface area contributed by atoms with Crippen LogP contribution in [0.1, 0.15) is 11.9 Å².